The highest BCUT2D eigenvalue weighted by atomic mass is 35.5. The molecule has 1 aromatic heterocycles. The highest BCUT2D eigenvalue weighted by Crippen LogP contribution is 2.31. The van der Waals surface area contributed by atoms with Crippen molar-refractivity contribution in [3.8, 4) is 0 Å². The van der Waals surface area contributed by atoms with E-state index >= 15 is 0 Å². The Morgan fingerprint density at radius 3 is 2.64 bits per heavy atom. The predicted molar refractivity (Wildman–Crippen MR) is 50.4 cm³/mol. The van der Waals surface area contributed by atoms with E-state index in [-0.39, 0.29) is 5.41 Å². The van der Waals surface area contributed by atoms with Crippen LogP contribution in [0.4, 0.5) is 0 Å². The number of hydrogen-bond acceptors (Lipinski definition) is 2. The molecule has 3 heteroatoms. The molecule has 0 aromatic carbocycles. The minimum atomic E-state index is 0.178. The van der Waals surface area contributed by atoms with Crippen molar-refractivity contribution < 1.29 is 0 Å². The zero-order chi connectivity index (χ0) is 8.48. The Hall–Kier alpha value is -0.0800. The second-order valence-corrected chi connectivity index (χ2v) is 4.87. The fraction of sp³-hybridized carbons (Fsp3) is 0.625. The molecule has 0 aliphatic heterocycles. The van der Waals surface area contributed by atoms with E-state index in [0.29, 0.717) is 0 Å². The number of hydrogen-bond donors (Lipinski definition) is 0. The van der Waals surface area contributed by atoms with Crippen LogP contribution in [0.15, 0.2) is 6.20 Å². The molecule has 0 saturated carbocycles. The molecule has 0 saturated heterocycles. The molecule has 1 heterocycles. The Kier molecular flexibility index (Phi) is 2.55. The Morgan fingerprint density at radius 2 is 2.27 bits per heavy atom. The summed E-state index contributed by atoms with van der Waals surface area (Å²) in [5.41, 5.74) is 0.178. The zero-order valence-electron chi connectivity index (χ0n) is 7.02. The molecular formula is C8H12ClNS. The summed E-state index contributed by atoms with van der Waals surface area (Å²) in [5.74, 6) is 0. The van der Waals surface area contributed by atoms with Gasteiger partial charge in [0.15, 0.2) is 0 Å². The van der Waals surface area contributed by atoms with Crippen molar-refractivity contribution >= 4 is 22.9 Å². The van der Waals surface area contributed by atoms with Crippen LogP contribution in [0.2, 0.25) is 4.34 Å². The van der Waals surface area contributed by atoms with Crippen LogP contribution in [-0.2, 0) is 5.41 Å². The van der Waals surface area contributed by atoms with Crippen LogP contribution in [0, 0.1) is 0 Å². The molecule has 0 fully saturated rings. The molecule has 0 spiro atoms. The number of nitrogens with zero attached hydrogens (tertiary/aromatic N) is 1. The first-order valence-corrected chi connectivity index (χ1v) is 4.87. The molecule has 0 bridgehead atoms. The van der Waals surface area contributed by atoms with Crippen molar-refractivity contribution in [1.29, 1.82) is 0 Å². The van der Waals surface area contributed by atoms with Gasteiger partial charge in [0.05, 0.1) is 11.2 Å². The quantitative estimate of drug-likeness (QED) is 0.694. The third-order valence-corrected chi connectivity index (χ3v) is 3.42. The van der Waals surface area contributed by atoms with E-state index in [1.807, 2.05) is 0 Å². The monoisotopic (exact) mass is 189 g/mol. The van der Waals surface area contributed by atoms with Gasteiger partial charge in [-0.2, -0.15) is 0 Å². The lowest BCUT2D eigenvalue weighted by Gasteiger charge is -2.18. The molecule has 1 nitrogen and oxygen atoms in total. The summed E-state index contributed by atoms with van der Waals surface area (Å²) in [6.45, 7) is 6.53. The van der Waals surface area contributed by atoms with E-state index in [0.717, 1.165) is 15.8 Å². The molecule has 0 N–H and O–H groups in total. The van der Waals surface area contributed by atoms with Gasteiger partial charge in [0.25, 0.3) is 0 Å². The van der Waals surface area contributed by atoms with Crippen LogP contribution >= 0.6 is 22.9 Å². The number of rotatable bonds is 2. The molecule has 0 amide bonds. The molecule has 0 unspecified atom stereocenters. The largest absolute Gasteiger partial charge is 0.248 e. The van der Waals surface area contributed by atoms with Crippen LogP contribution in [0.3, 0.4) is 0 Å². The molecule has 0 atom stereocenters. The van der Waals surface area contributed by atoms with Gasteiger partial charge in [0.1, 0.15) is 4.34 Å². The first-order chi connectivity index (χ1) is 5.06. The average Bonchev–Trinajstić information content (AvgIpc) is 2.36. The van der Waals surface area contributed by atoms with Crippen LogP contribution in [0.5, 0.6) is 0 Å². The van der Waals surface area contributed by atoms with Crippen molar-refractivity contribution in [2.45, 2.75) is 32.6 Å². The van der Waals surface area contributed by atoms with Gasteiger partial charge >= 0.3 is 0 Å². The van der Waals surface area contributed by atoms with Gasteiger partial charge < -0.3 is 0 Å². The molecule has 62 valence electrons. The Bertz CT molecular complexity index is 242. The van der Waals surface area contributed by atoms with Crippen molar-refractivity contribution in [3.05, 3.63) is 15.5 Å². The summed E-state index contributed by atoms with van der Waals surface area (Å²) in [4.78, 5) is 4.24. The smallest absolute Gasteiger partial charge is 0.113 e. The minimum absolute atomic E-state index is 0.178. The SMILES string of the molecule is CCC(C)(C)c1ncc(Cl)s1. The molecular weight excluding hydrogens is 178 g/mol. The average molecular weight is 190 g/mol. The predicted octanol–water partition coefficient (Wildman–Crippen LogP) is 3.48. The first kappa shape index (κ1) is 9.01. The zero-order valence-corrected chi connectivity index (χ0v) is 8.59. The maximum Gasteiger partial charge on any atom is 0.113 e. The van der Waals surface area contributed by atoms with E-state index in [1.54, 1.807) is 17.5 Å². The van der Waals surface area contributed by atoms with E-state index in [9.17, 15) is 0 Å². The van der Waals surface area contributed by atoms with Crippen LogP contribution in [0.25, 0.3) is 0 Å². The molecule has 0 aliphatic rings. The lowest BCUT2D eigenvalue weighted by atomic mass is 9.91. The third-order valence-electron chi connectivity index (χ3n) is 1.94. The minimum Gasteiger partial charge on any atom is -0.248 e. The first-order valence-electron chi connectivity index (χ1n) is 3.68. The Labute approximate surface area is 76.4 Å². The van der Waals surface area contributed by atoms with Gasteiger partial charge in [-0.25, -0.2) is 4.98 Å². The highest BCUT2D eigenvalue weighted by molar-refractivity contribution is 7.15. The molecule has 1 aromatic rings. The summed E-state index contributed by atoms with van der Waals surface area (Å²) >= 11 is 7.35. The third kappa shape index (κ3) is 1.94. The topological polar surface area (TPSA) is 12.9 Å². The maximum absolute atomic E-state index is 5.78. The van der Waals surface area contributed by atoms with Crippen LogP contribution in [0.1, 0.15) is 32.2 Å². The van der Waals surface area contributed by atoms with Crippen LogP contribution < -0.4 is 0 Å². The molecule has 11 heavy (non-hydrogen) atoms. The van der Waals surface area contributed by atoms with Gasteiger partial charge in [0.2, 0.25) is 0 Å². The summed E-state index contributed by atoms with van der Waals surface area (Å²) in [5, 5.41) is 1.13. The standard InChI is InChI=1S/C8H12ClNS/c1-4-8(2,3)7-10-5-6(9)11-7/h5H,4H2,1-3H3. The van der Waals surface area contributed by atoms with E-state index in [4.69, 9.17) is 11.6 Å². The number of thiazole rings is 1. The van der Waals surface area contributed by atoms with E-state index in [2.05, 4.69) is 25.8 Å². The molecule has 0 radical (unpaired) electrons. The second-order valence-electron chi connectivity index (χ2n) is 3.21. The highest BCUT2D eigenvalue weighted by Gasteiger charge is 2.21. The summed E-state index contributed by atoms with van der Waals surface area (Å²) < 4.78 is 0.779. The van der Waals surface area contributed by atoms with Gasteiger partial charge in [-0.15, -0.1) is 11.3 Å². The van der Waals surface area contributed by atoms with Gasteiger partial charge in [0, 0.05) is 5.41 Å². The molecule has 1 rings (SSSR count). The van der Waals surface area contributed by atoms with Crippen LogP contribution in [-0.4, -0.2) is 4.98 Å². The summed E-state index contributed by atoms with van der Waals surface area (Å²) in [6.07, 6.45) is 2.82. The Morgan fingerprint density at radius 1 is 1.64 bits per heavy atom. The van der Waals surface area contributed by atoms with Gasteiger partial charge in [-0.1, -0.05) is 32.4 Å². The fourth-order valence-electron chi connectivity index (χ4n) is 0.719. The van der Waals surface area contributed by atoms with Gasteiger partial charge in [-0.05, 0) is 6.42 Å². The summed E-state index contributed by atoms with van der Waals surface area (Å²) in [7, 11) is 0. The maximum atomic E-state index is 5.78. The molecule has 0 aliphatic carbocycles. The summed E-state index contributed by atoms with van der Waals surface area (Å²) in [6, 6.07) is 0. The van der Waals surface area contributed by atoms with E-state index < -0.39 is 0 Å². The second kappa shape index (κ2) is 3.11. The normalized spacial score (nSPS) is 12.0. The van der Waals surface area contributed by atoms with E-state index in [1.165, 1.54) is 0 Å². The number of halogens is 1. The van der Waals surface area contributed by atoms with Gasteiger partial charge in [-0.3, -0.25) is 0 Å². The lowest BCUT2D eigenvalue weighted by Crippen LogP contribution is -2.14. The fourth-order valence-corrected chi connectivity index (χ4v) is 1.80. The lowest BCUT2D eigenvalue weighted by molar-refractivity contribution is 0.503. The Balaban J connectivity index is 2.92. The van der Waals surface area contributed by atoms with Crippen molar-refractivity contribution in [2.24, 2.45) is 0 Å². The number of aromatic nitrogens is 1. The van der Waals surface area contributed by atoms with Crippen molar-refractivity contribution in [3.63, 3.8) is 0 Å². The van der Waals surface area contributed by atoms with Crippen molar-refractivity contribution in [2.75, 3.05) is 0 Å². The van der Waals surface area contributed by atoms with Crippen molar-refractivity contribution in [1.82, 2.24) is 4.98 Å².